The molecule has 15 heteroatoms. The predicted molar refractivity (Wildman–Crippen MR) is 143 cm³/mol. The van der Waals surface area contributed by atoms with Gasteiger partial charge < -0.3 is 42.0 Å². The van der Waals surface area contributed by atoms with Gasteiger partial charge in [0.2, 0.25) is 0 Å². The van der Waals surface area contributed by atoms with Gasteiger partial charge in [0, 0.05) is 40.6 Å². The van der Waals surface area contributed by atoms with Crippen LogP contribution in [0.3, 0.4) is 0 Å². The fraction of sp³-hybridized carbons (Fsp3) is 0.238. The van der Waals surface area contributed by atoms with E-state index < -0.39 is 12.0 Å². The first-order chi connectivity index (χ1) is 17.2. The topological polar surface area (TPSA) is 199 Å². The molecule has 0 spiro atoms. The molecular formula is C21H21Br3N10O2. The van der Waals surface area contributed by atoms with E-state index in [4.69, 9.17) is 11.5 Å². The maximum atomic E-state index is 13.3. The van der Waals surface area contributed by atoms with E-state index in [1.165, 1.54) is 0 Å². The van der Waals surface area contributed by atoms with Crippen molar-refractivity contribution in [2.24, 2.45) is 5.92 Å². The van der Waals surface area contributed by atoms with Gasteiger partial charge in [-0.2, -0.15) is 0 Å². The Balaban J connectivity index is 1.49. The van der Waals surface area contributed by atoms with Crippen molar-refractivity contribution in [3.8, 4) is 0 Å². The third-order valence-electron chi connectivity index (χ3n) is 6.09. The summed E-state index contributed by atoms with van der Waals surface area (Å²) in [5, 5.41) is 6.11. The van der Waals surface area contributed by atoms with Crippen LogP contribution in [0.4, 0.5) is 11.9 Å². The molecule has 3 atom stereocenters. The molecule has 12 nitrogen and oxygen atoms in total. The van der Waals surface area contributed by atoms with Crippen molar-refractivity contribution < 1.29 is 9.59 Å². The summed E-state index contributed by atoms with van der Waals surface area (Å²) in [5.74, 6) is -0.744. The minimum Gasteiger partial charge on any atom is -0.369 e. The summed E-state index contributed by atoms with van der Waals surface area (Å²) in [6.45, 7) is 0.275. The molecule has 4 aromatic heterocycles. The molecule has 4 aromatic rings. The molecule has 0 aliphatic heterocycles. The molecule has 4 heterocycles. The van der Waals surface area contributed by atoms with E-state index in [0.717, 1.165) is 14.6 Å². The molecule has 1 aliphatic rings. The summed E-state index contributed by atoms with van der Waals surface area (Å²) in [4.78, 5) is 46.8. The van der Waals surface area contributed by atoms with Gasteiger partial charge in [0.15, 0.2) is 11.9 Å². The summed E-state index contributed by atoms with van der Waals surface area (Å²) >= 11 is 10.1. The standard InChI is InChI=1S/C21H21Br3N10O2/c22-8-2-11(27-5-8)18(35)28-4-7-1-10-16(34-21(26)31-10)14(13-6-29-20(25)32-13)15(7)33-19(36)12-3-9(23)17(24)30-12/h2-3,5-7,14-15,27,30H,1,4H2,(H,28,35)(H,33,36)(H3,25,29,32)(H3,26,31,34). The lowest BCUT2D eigenvalue weighted by Crippen LogP contribution is -2.51. The van der Waals surface area contributed by atoms with Gasteiger partial charge in [-0.05, 0) is 66.3 Å². The number of hydrogen-bond donors (Lipinski definition) is 8. The highest BCUT2D eigenvalue weighted by Crippen LogP contribution is 2.39. The average Bonchev–Trinajstić information content (AvgIpc) is 3.60. The quantitative estimate of drug-likeness (QED) is 0.154. The number of rotatable bonds is 6. The number of hydrogen-bond acceptors (Lipinski definition) is 6. The number of H-pyrrole nitrogens is 4. The highest BCUT2D eigenvalue weighted by Gasteiger charge is 2.42. The van der Waals surface area contributed by atoms with E-state index in [1.54, 1.807) is 24.5 Å². The second-order valence-corrected chi connectivity index (χ2v) is 11.0. The van der Waals surface area contributed by atoms with E-state index in [0.29, 0.717) is 33.8 Å². The van der Waals surface area contributed by atoms with Gasteiger partial charge in [-0.3, -0.25) is 9.59 Å². The fourth-order valence-corrected chi connectivity index (χ4v) is 5.51. The summed E-state index contributed by atoms with van der Waals surface area (Å²) in [7, 11) is 0. The number of aromatic nitrogens is 6. The molecule has 0 saturated heterocycles. The van der Waals surface area contributed by atoms with Gasteiger partial charge in [-0.15, -0.1) is 0 Å². The Hall–Kier alpha value is -3.04. The van der Waals surface area contributed by atoms with Crippen LogP contribution >= 0.6 is 47.8 Å². The van der Waals surface area contributed by atoms with Crippen LogP contribution in [-0.2, 0) is 6.42 Å². The van der Waals surface area contributed by atoms with Gasteiger partial charge in [0.1, 0.15) is 11.4 Å². The number of fused-ring (bicyclic) bond motifs is 1. The molecule has 36 heavy (non-hydrogen) atoms. The lowest BCUT2D eigenvalue weighted by Gasteiger charge is -2.37. The first-order valence-electron chi connectivity index (χ1n) is 10.8. The minimum absolute atomic E-state index is 0.222. The van der Waals surface area contributed by atoms with E-state index in [-0.39, 0.29) is 36.2 Å². The van der Waals surface area contributed by atoms with Crippen molar-refractivity contribution in [3.63, 3.8) is 0 Å². The van der Waals surface area contributed by atoms with Crippen molar-refractivity contribution in [1.29, 1.82) is 0 Å². The number of aromatic amines is 4. The van der Waals surface area contributed by atoms with Crippen molar-refractivity contribution in [2.75, 3.05) is 18.0 Å². The lowest BCUT2D eigenvalue weighted by molar-refractivity contribution is 0.0897. The second-order valence-electron chi connectivity index (χ2n) is 8.44. The number of nitrogens with zero attached hydrogens (tertiary/aromatic N) is 2. The Bertz CT molecular complexity index is 1420. The van der Waals surface area contributed by atoms with E-state index >= 15 is 0 Å². The summed E-state index contributed by atoms with van der Waals surface area (Å²) < 4.78 is 2.14. The first-order valence-corrected chi connectivity index (χ1v) is 13.2. The van der Waals surface area contributed by atoms with Crippen LogP contribution in [0, 0.1) is 5.92 Å². The molecule has 0 fully saturated rings. The Morgan fingerprint density at radius 3 is 2.50 bits per heavy atom. The van der Waals surface area contributed by atoms with Crippen LogP contribution in [0.5, 0.6) is 0 Å². The van der Waals surface area contributed by atoms with Crippen LogP contribution in [0.15, 0.2) is 38.1 Å². The maximum absolute atomic E-state index is 13.3. The largest absolute Gasteiger partial charge is 0.369 e. The van der Waals surface area contributed by atoms with Crippen molar-refractivity contribution in [1.82, 2.24) is 40.5 Å². The van der Waals surface area contributed by atoms with Crippen molar-refractivity contribution in [3.05, 3.63) is 66.5 Å². The van der Waals surface area contributed by atoms with Gasteiger partial charge >= 0.3 is 0 Å². The number of imidazole rings is 2. The van der Waals surface area contributed by atoms with Gasteiger partial charge in [0.05, 0.1) is 26.9 Å². The molecule has 5 rings (SSSR count). The van der Waals surface area contributed by atoms with Gasteiger partial charge in [-0.1, -0.05) is 0 Å². The molecule has 2 amide bonds. The van der Waals surface area contributed by atoms with Gasteiger partial charge in [-0.25, -0.2) is 9.97 Å². The number of nitrogens with one attached hydrogen (secondary N) is 6. The number of nitrogen functional groups attached to an aromatic ring is 2. The molecule has 0 radical (unpaired) electrons. The fourth-order valence-electron chi connectivity index (χ4n) is 4.51. The highest BCUT2D eigenvalue weighted by atomic mass is 79.9. The average molecular weight is 685 g/mol. The molecule has 1 aliphatic carbocycles. The number of carbonyl (C=O) groups is 2. The van der Waals surface area contributed by atoms with Gasteiger partial charge in [0.25, 0.3) is 11.8 Å². The van der Waals surface area contributed by atoms with E-state index in [1.807, 2.05) is 0 Å². The van der Waals surface area contributed by atoms with Crippen molar-refractivity contribution in [2.45, 2.75) is 18.4 Å². The number of halogens is 3. The zero-order valence-corrected chi connectivity index (χ0v) is 23.2. The number of anilines is 2. The predicted octanol–water partition coefficient (Wildman–Crippen LogP) is 2.77. The Kier molecular flexibility index (Phi) is 6.70. The smallest absolute Gasteiger partial charge is 0.268 e. The third-order valence-corrected chi connectivity index (χ3v) is 8.33. The number of amides is 2. The SMILES string of the molecule is Nc1ncc(C2c3nc(N)[nH]c3CC(CNC(=O)c3cc(Br)c[nH]3)C2NC(=O)c2cc(Br)c(Br)[nH]2)[nH]1. The van der Waals surface area contributed by atoms with E-state index in [9.17, 15) is 9.59 Å². The van der Waals surface area contributed by atoms with Crippen molar-refractivity contribution >= 4 is 71.5 Å². The molecule has 0 bridgehead atoms. The highest BCUT2D eigenvalue weighted by molar-refractivity contribution is 9.13. The Labute approximate surface area is 229 Å². The number of carbonyl (C=O) groups excluding carboxylic acids is 2. The minimum atomic E-state index is -0.482. The normalized spacial score (nSPS) is 19.1. The van der Waals surface area contributed by atoms with Crippen LogP contribution < -0.4 is 22.1 Å². The number of nitrogens with two attached hydrogens (primary N) is 2. The monoisotopic (exact) mass is 682 g/mol. The van der Waals surface area contributed by atoms with Crippen LogP contribution in [-0.4, -0.2) is 54.3 Å². The Morgan fingerprint density at radius 1 is 1.06 bits per heavy atom. The molecule has 0 saturated carbocycles. The van der Waals surface area contributed by atoms with E-state index in [2.05, 4.69) is 88.3 Å². The first kappa shape index (κ1) is 24.6. The van der Waals surface area contributed by atoms with Crippen LogP contribution in [0.2, 0.25) is 0 Å². The summed E-state index contributed by atoms with van der Waals surface area (Å²) in [6, 6.07) is 2.90. The lowest BCUT2D eigenvalue weighted by atomic mass is 9.75. The second kappa shape index (κ2) is 9.78. The van der Waals surface area contributed by atoms with Crippen LogP contribution in [0.1, 0.15) is 44.0 Å². The molecule has 3 unspecified atom stereocenters. The summed E-state index contributed by atoms with van der Waals surface area (Å²) in [6.07, 6.45) is 3.80. The Morgan fingerprint density at radius 2 is 1.86 bits per heavy atom. The molecule has 10 N–H and O–H groups in total. The summed E-state index contributed by atoms with van der Waals surface area (Å²) in [5.41, 5.74) is 14.9. The zero-order chi connectivity index (χ0) is 25.6. The van der Waals surface area contributed by atoms with Crippen LogP contribution in [0.25, 0.3) is 0 Å². The molecular weight excluding hydrogens is 664 g/mol. The zero-order valence-electron chi connectivity index (χ0n) is 18.5. The maximum Gasteiger partial charge on any atom is 0.268 e. The molecule has 0 aromatic carbocycles. The third kappa shape index (κ3) is 4.82. The molecule has 188 valence electrons.